The molecule has 2 unspecified atom stereocenters. The molecule has 0 spiro atoms. The van der Waals surface area contributed by atoms with Gasteiger partial charge in [-0.1, -0.05) is 6.92 Å². The van der Waals surface area contributed by atoms with E-state index in [1.54, 1.807) is 25.1 Å². The lowest BCUT2D eigenvalue weighted by atomic mass is 10.1. The molecular formula is C13H17N3O2S. The lowest BCUT2D eigenvalue weighted by Gasteiger charge is -2.26. The molecule has 1 aromatic carbocycles. The van der Waals surface area contributed by atoms with Gasteiger partial charge >= 0.3 is 0 Å². The van der Waals surface area contributed by atoms with E-state index < -0.39 is 15.3 Å². The molecule has 5 nitrogen and oxygen atoms in total. The Morgan fingerprint density at radius 1 is 1.58 bits per heavy atom. The number of sulfonamides is 1. The van der Waals surface area contributed by atoms with E-state index >= 15 is 0 Å². The van der Waals surface area contributed by atoms with Crippen molar-refractivity contribution in [3.8, 4) is 6.07 Å². The van der Waals surface area contributed by atoms with Gasteiger partial charge in [-0.3, -0.25) is 4.31 Å². The molecule has 1 aromatic rings. The van der Waals surface area contributed by atoms with Crippen molar-refractivity contribution in [2.45, 2.75) is 38.0 Å². The van der Waals surface area contributed by atoms with E-state index in [-0.39, 0.29) is 12.5 Å². The Morgan fingerprint density at radius 3 is 2.84 bits per heavy atom. The first-order valence-electron chi connectivity index (χ1n) is 6.23. The average Bonchev–Trinajstić information content (AvgIpc) is 2.65. The molecule has 0 saturated heterocycles. The molecule has 0 amide bonds. The number of hydrogen-bond acceptors (Lipinski definition) is 4. The zero-order valence-corrected chi connectivity index (χ0v) is 11.8. The van der Waals surface area contributed by atoms with Crippen molar-refractivity contribution in [1.29, 1.82) is 5.26 Å². The van der Waals surface area contributed by atoms with Crippen LogP contribution >= 0.6 is 0 Å². The second kappa shape index (κ2) is 4.74. The lowest BCUT2D eigenvalue weighted by molar-refractivity contribution is 0.575. The molecule has 2 rings (SSSR count). The molecule has 0 radical (unpaired) electrons. The van der Waals surface area contributed by atoms with Crippen LogP contribution in [0.2, 0.25) is 0 Å². The minimum atomic E-state index is -3.64. The molecule has 0 fully saturated rings. The van der Waals surface area contributed by atoms with Gasteiger partial charge in [0, 0.05) is 11.7 Å². The number of rotatable bonds is 3. The van der Waals surface area contributed by atoms with Crippen LogP contribution < -0.4 is 10.0 Å². The van der Waals surface area contributed by atoms with Crippen molar-refractivity contribution in [3.63, 3.8) is 0 Å². The second-order valence-corrected chi connectivity index (χ2v) is 6.80. The summed E-state index contributed by atoms with van der Waals surface area (Å²) in [7, 11) is -3.64. The molecule has 102 valence electrons. The Morgan fingerprint density at radius 2 is 2.26 bits per heavy atom. The van der Waals surface area contributed by atoms with E-state index in [2.05, 4.69) is 0 Å². The van der Waals surface area contributed by atoms with Gasteiger partial charge in [-0.15, -0.1) is 0 Å². The maximum atomic E-state index is 12.5. The fourth-order valence-corrected chi connectivity index (χ4v) is 4.37. The maximum Gasteiger partial charge on any atom is 0.251 e. The summed E-state index contributed by atoms with van der Waals surface area (Å²) in [5, 5.41) is 8.02. The van der Waals surface area contributed by atoms with Gasteiger partial charge in [0.2, 0.25) is 0 Å². The zero-order chi connectivity index (χ0) is 14.2. The highest BCUT2D eigenvalue weighted by molar-refractivity contribution is 7.93. The number of anilines is 2. The number of nitrogen functional groups attached to an aromatic ring is 1. The third-order valence-electron chi connectivity index (χ3n) is 3.41. The van der Waals surface area contributed by atoms with E-state index in [4.69, 9.17) is 11.0 Å². The Bertz CT molecular complexity index is 634. The summed E-state index contributed by atoms with van der Waals surface area (Å²) in [4.78, 5) is 0. The van der Waals surface area contributed by atoms with E-state index in [0.717, 1.165) is 5.56 Å². The van der Waals surface area contributed by atoms with Crippen molar-refractivity contribution in [2.24, 2.45) is 0 Å². The maximum absolute atomic E-state index is 12.5. The average molecular weight is 279 g/mol. The van der Waals surface area contributed by atoms with Crippen LogP contribution in [0.3, 0.4) is 0 Å². The van der Waals surface area contributed by atoms with Crippen LogP contribution in [0, 0.1) is 11.3 Å². The summed E-state index contributed by atoms with van der Waals surface area (Å²) in [6.45, 7) is 3.55. The normalized spacial score (nSPS) is 19.8. The Labute approximate surface area is 113 Å². The van der Waals surface area contributed by atoms with Crippen LogP contribution in [-0.2, 0) is 16.4 Å². The summed E-state index contributed by atoms with van der Waals surface area (Å²) in [6, 6.07) is 6.91. The van der Waals surface area contributed by atoms with Crippen LogP contribution in [0.15, 0.2) is 18.2 Å². The number of benzene rings is 1. The molecule has 0 aromatic heterocycles. The summed E-state index contributed by atoms with van der Waals surface area (Å²) in [5.74, 6) is 0. The Kier molecular flexibility index (Phi) is 3.42. The van der Waals surface area contributed by atoms with Gasteiger partial charge in [-0.05, 0) is 43.5 Å². The van der Waals surface area contributed by atoms with Gasteiger partial charge in [-0.25, -0.2) is 8.42 Å². The molecule has 2 atom stereocenters. The van der Waals surface area contributed by atoms with Gasteiger partial charge in [0.15, 0.2) is 5.25 Å². The van der Waals surface area contributed by atoms with Gasteiger partial charge < -0.3 is 5.73 Å². The predicted octanol–water partition coefficient (Wildman–Crippen LogP) is 1.65. The molecule has 1 aliphatic heterocycles. The minimum absolute atomic E-state index is 0.177. The highest BCUT2D eigenvalue weighted by Crippen LogP contribution is 2.36. The van der Waals surface area contributed by atoms with Gasteiger partial charge in [0.25, 0.3) is 10.0 Å². The second-order valence-electron chi connectivity index (χ2n) is 4.81. The fourth-order valence-electron chi connectivity index (χ4n) is 2.52. The molecular weight excluding hydrogens is 262 g/mol. The molecule has 1 aliphatic rings. The summed E-state index contributed by atoms with van der Waals surface area (Å²) in [6.07, 6.45) is 0.911. The minimum Gasteiger partial charge on any atom is -0.399 e. The highest BCUT2D eigenvalue weighted by Gasteiger charge is 2.39. The zero-order valence-electron chi connectivity index (χ0n) is 11.0. The van der Waals surface area contributed by atoms with Crippen molar-refractivity contribution < 1.29 is 8.42 Å². The molecule has 2 N–H and O–H groups in total. The highest BCUT2D eigenvalue weighted by atomic mass is 32.2. The Balaban J connectivity index is 2.51. The first-order chi connectivity index (χ1) is 8.91. The lowest BCUT2D eigenvalue weighted by Crippen LogP contribution is -2.41. The molecule has 0 bridgehead atoms. The van der Waals surface area contributed by atoms with Crippen LogP contribution in [0.1, 0.15) is 25.8 Å². The third-order valence-corrected chi connectivity index (χ3v) is 5.67. The van der Waals surface area contributed by atoms with Crippen LogP contribution in [0.5, 0.6) is 0 Å². The molecule has 19 heavy (non-hydrogen) atoms. The smallest absolute Gasteiger partial charge is 0.251 e. The van der Waals surface area contributed by atoms with Crippen LogP contribution in [0.4, 0.5) is 11.4 Å². The predicted molar refractivity (Wildman–Crippen MR) is 75.1 cm³/mol. The van der Waals surface area contributed by atoms with Crippen molar-refractivity contribution in [3.05, 3.63) is 23.8 Å². The number of nitriles is 1. The SMILES string of the molecule is CCC(C#N)S(=O)(=O)N1c2ccc(N)cc2CC1C. The van der Waals surface area contributed by atoms with Crippen molar-refractivity contribution in [1.82, 2.24) is 0 Å². The van der Waals surface area contributed by atoms with Crippen LogP contribution in [-0.4, -0.2) is 19.7 Å². The molecule has 6 heteroatoms. The third kappa shape index (κ3) is 2.15. The summed E-state index contributed by atoms with van der Waals surface area (Å²) in [5.41, 5.74) is 7.91. The van der Waals surface area contributed by atoms with Gasteiger partial charge in [0.1, 0.15) is 0 Å². The molecule has 0 aliphatic carbocycles. The summed E-state index contributed by atoms with van der Waals surface area (Å²) < 4.78 is 26.4. The molecule has 1 heterocycles. The first kappa shape index (κ1) is 13.7. The number of nitrogens with two attached hydrogens (primary N) is 1. The van der Waals surface area contributed by atoms with E-state index in [0.29, 0.717) is 17.8 Å². The monoisotopic (exact) mass is 279 g/mol. The van der Waals surface area contributed by atoms with Gasteiger partial charge in [0.05, 0.1) is 11.8 Å². The number of nitrogens with zero attached hydrogens (tertiary/aromatic N) is 2. The van der Waals surface area contributed by atoms with Crippen LogP contribution in [0.25, 0.3) is 0 Å². The largest absolute Gasteiger partial charge is 0.399 e. The number of fused-ring (bicyclic) bond motifs is 1. The standard InChI is InChI=1S/C13H17N3O2S/c1-3-12(8-14)19(17,18)16-9(2)6-10-7-11(15)4-5-13(10)16/h4-5,7,9,12H,3,6,15H2,1-2H3. The van der Waals surface area contributed by atoms with Crippen molar-refractivity contribution in [2.75, 3.05) is 10.0 Å². The molecule has 0 saturated carbocycles. The van der Waals surface area contributed by atoms with E-state index in [9.17, 15) is 8.42 Å². The van der Waals surface area contributed by atoms with E-state index in [1.165, 1.54) is 4.31 Å². The number of hydrogen-bond donors (Lipinski definition) is 1. The van der Waals surface area contributed by atoms with Crippen molar-refractivity contribution >= 4 is 21.4 Å². The topological polar surface area (TPSA) is 87.2 Å². The Hall–Kier alpha value is -1.74. The quantitative estimate of drug-likeness (QED) is 0.852. The first-order valence-corrected chi connectivity index (χ1v) is 7.73. The fraction of sp³-hybridized carbons (Fsp3) is 0.462. The van der Waals surface area contributed by atoms with E-state index in [1.807, 2.05) is 13.0 Å². The van der Waals surface area contributed by atoms with Gasteiger partial charge in [-0.2, -0.15) is 5.26 Å². The summed E-state index contributed by atoms with van der Waals surface area (Å²) >= 11 is 0.